The van der Waals surface area contributed by atoms with Crippen LogP contribution in [0.3, 0.4) is 0 Å². The van der Waals surface area contributed by atoms with Gasteiger partial charge in [0.1, 0.15) is 12.1 Å². The molecule has 2 rings (SSSR count). The topological polar surface area (TPSA) is 38.7 Å². The van der Waals surface area contributed by atoms with Gasteiger partial charge in [0, 0.05) is 10.6 Å². The summed E-state index contributed by atoms with van der Waals surface area (Å²) in [5.74, 6) is -0.397. The van der Waals surface area contributed by atoms with E-state index < -0.39 is 5.82 Å². The number of hydrogen-bond donors (Lipinski definition) is 0. The van der Waals surface area contributed by atoms with Gasteiger partial charge >= 0.3 is 0 Å². The van der Waals surface area contributed by atoms with Gasteiger partial charge in [-0.2, -0.15) is 5.10 Å². The number of hydrogen-bond acceptors (Lipinski definition) is 3. The Kier molecular flexibility index (Phi) is 2.37. The van der Waals surface area contributed by atoms with E-state index in [0.717, 1.165) is 0 Å². The molecule has 0 aliphatic heterocycles. The van der Waals surface area contributed by atoms with E-state index in [9.17, 15) is 4.39 Å². The molecule has 0 N–H and O–H groups in total. The summed E-state index contributed by atoms with van der Waals surface area (Å²) in [6, 6.07) is 4.20. The zero-order valence-electron chi connectivity index (χ0n) is 6.98. The second-order valence-electron chi connectivity index (χ2n) is 2.65. The minimum absolute atomic E-state index is 0.332. The van der Waals surface area contributed by atoms with Gasteiger partial charge in [-0.05, 0) is 18.2 Å². The Balaban J connectivity index is 2.52. The minimum atomic E-state index is -0.397. The van der Waals surface area contributed by atoms with Crippen LogP contribution >= 0.6 is 11.6 Å². The highest BCUT2D eigenvalue weighted by atomic mass is 35.5. The molecule has 0 amide bonds. The van der Waals surface area contributed by atoms with Crippen molar-refractivity contribution in [2.45, 2.75) is 0 Å². The molecule has 2 aromatic rings. The van der Waals surface area contributed by atoms with Crippen molar-refractivity contribution in [2.75, 3.05) is 0 Å². The van der Waals surface area contributed by atoms with Crippen molar-refractivity contribution < 1.29 is 4.39 Å². The Labute approximate surface area is 84.6 Å². The third-order valence-electron chi connectivity index (χ3n) is 1.65. The molecule has 1 aromatic heterocycles. The standard InChI is InChI=1S/C9H5ClFN3/c10-7-1-6(2-8(11)3-7)9-4-13-14-5-12-9/h1-5H. The summed E-state index contributed by atoms with van der Waals surface area (Å²) in [6.07, 6.45) is 2.75. The van der Waals surface area contributed by atoms with E-state index in [0.29, 0.717) is 16.3 Å². The molecule has 0 fully saturated rings. The monoisotopic (exact) mass is 209 g/mol. The van der Waals surface area contributed by atoms with Gasteiger partial charge in [-0.3, -0.25) is 0 Å². The molecule has 0 unspecified atom stereocenters. The molecule has 0 spiro atoms. The Morgan fingerprint density at radius 3 is 2.64 bits per heavy atom. The number of aromatic nitrogens is 3. The van der Waals surface area contributed by atoms with Crippen LogP contribution in [0.2, 0.25) is 5.02 Å². The summed E-state index contributed by atoms with van der Waals surface area (Å²) in [5.41, 5.74) is 1.13. The largest absolute Gasteiger partial charge is 0.233 e. The fraction of sp³-hybridized carbons (Fsp3) is 0. The van der Waals surface area contributed by atoms with Crippen molar-refractivity contribution >= 4 is 11.6 Å². The molecular formula is C9H5ClFN3. The third kappa shape index (κ3) is 1.85. The molecule has 0 saturated heterocycles. The summed E-state index contributed by atoms with van der Waals surface area (Å²) >= 11 is 5.70. The second-order valence-corrected chi connectivity index (χ2v) is 3.08. The van der Waals surface area contributed by atoms with Crippen LogP contribution in [0, 0.1) is 5.82 Å². The van der Waals surface area contributed by atoms with Crippen molar-refractivity contribution in [1.29, 1.82) is 0 Å². The predicted molar refractivity (Wildman–Crippen MR) is 50.2 cm³/mol. The van der Waals surface area contributed by atoms with Gasteiger partial charge in [-0.25, -0.2) is 9.37 Å². The minimum Gasteiger partial charge on any atom is -0.233 e. The Morgan fingerprint density at radius 2 is 2.00 bits per heavy atom. The SMILES string of the molecule is Fc1cc(Cl)cc(-c2cnncn2)c1. The van der Waals surface area contributed by atoms with Gasteiger partial charge in [0.25, 0.3) is 0 Å². The summed E-state index contributed by atoms with van der Waals surface area (Å²) in [5, 5.41) is 7.50. The summed E-state index contributed by atoms with van der Waals surface area (Å²) in [6.45, 7) is 0. The van der Waals surface area contributed by atoms with E-state index in [1.807, 2.05) is 0 Å². The second kappa shape index (κ2) is 3.67. The summed E-state index contributed by atoms with van der Waals surface area (Å²) < 4.78 is 13.0. The normalized spacial score (nSPS) is 10.1. The maximum Gasteiger partial charge on any atom is 0.138 e. The maximum absolute atomic E-state index is 13.0. The van der Waals surface area contributed by atoms with Crippen LogP contribution in [0.15, 0.2) is 30.7 Å². The lowest BCUT2D eigenvalue weighted by atomic mass is 10.1. The number of benzene rings is 1. The van der Waals surface area contributed by atoms with Crippen molar-refractivity contribution in [1.82, 2.24) is 15.2 Å². The van der Waals surface area contributed by atoms with Crippen LogP contribution < -0.4 is 0 Å². The maximum atomic E-state index is 13.0. The molecule has 70 valence electrons. The first-order valence-corrected chi connectivity index (χ1v) is 4.22. The first-order valence-electron chi connectivity index (χ1n) is 3.85. The summed E-state index contributed by atoms with van der Waals surface area (Å²) in [4.78, 5) is 3.93. The first kappa shape index (κ1) is 9.02. The molecule has 0 radical (unpaired) electrons. The van der Waals surface area contributed by atoms with Crippen LogP contribution in [0.25, 0.3) is 11.3 Å². The van der Waals surface area contributed by atoms with E-state index in [4.69, 9.17) is 11.6 Å². The molecule has 0 aliphatic carbocycles. The van der Waals surface area contributed by atoms with Crippen LogP contribution in [-0.4, -0.2) is 15.2 Å². The van der Waals surface area contributed by atoms with E-state index in [-0.39, 0.29) is 0 Å². The van der Waals surface area contributed by atoms with Crippen LogP contribution in [0.4, 0.5) is 4.39 Å². The van der Waals surface area contributed by atoms with E-state index >= 15 is 0 Å². The molecule has 1 heterocycles. The molecular weight excluding hydrogens is 205 g/mol. The highest BCUT2D eigenvalue weighted by Gasteiger charge is 2.02. The van der Waals surface area contributed by atoms with E-state index in [1.165, 1.54) is 24.7 Å². The highest BCUT2D eigenvalue weighted by Crippen LogP contribution is 2.21. The third-order valence-corrected chi connectivity index (χ3v) is 1.87. The zero-order valence-corrected chi connectivity index (χ0v) is 7.74. The predicted octanol–water partition coefficient (Wildman–Crippen LogP) is 2.33. The molecule has 0 bridgehead atoms. The number of rotatable bonds is 1. The Hall–Kier alpha value is -1.55. The van der Waals surface area contributed by atoms with Crippen LogP contribution in [0.1, 0.15) is 0 Å². The Bertz CT molecular complexity index is 427. The summed E-state index contributed by atoms with van der Waals surface area (Å²) in [7, 11) is 0. The fourth-order valence-electron chi connectivity index (χ4n) is 1.09. The molecule has 0 saturated carbocycles. The van der Waals surface area contributed by atoms with E-state index in [2.05, 4.69) is 15.2 Å². The molecule has 14 heavy (non-hydrogen) atoms. The zero-order chi connectivity index (χ0) is 9.97. The van der Waals surface area contributed by atoms with Gasteiger partial charge in [0.05, 0.1) is 11.9 Å². The molecule has 5 heteroatoms. The van der Waals surface area contributed by atoms with Crippen molar-refractivity contribution in [2.24, 2.45) is 0 Å². The quantitative estimate of drug-likeness (QED) is 0.724. The van der Waals surface area contributed by atoms with Crippen LogP contribution in [0.5, 0.6) is 0 Å². The van der Waals surface area contributed by atoms with Gasteiger partial charge in [-0.1, -0.05) is 11.6 Å². The van der Waals surface area contributed by atoms with Gasteiger partial charge in [-0.15, -0.1) is 5.10 Å². The number of nitrogens with zero attached hydrogens (tertiary/aromatic N) is 3. The molecule has 0 aliphatic rings. The van der Waals surface area contributed by atoms with Crippen molar-refractivity contribution in [3.8, 4) is 11.3 Å². The average Bonchev–Trinajstić information content (AvgIpc) is 2.18. The molecule has 3 nitrogen and oxygen atoms in total. The van der Waals surface area contributed by atoms with Gasteiger partial charge in [0.2, 0.25) is 0 Å². The number of halogens is 2. The van der Waals surface area contributed by atoms with Crippen LogP contribution in [-0.2, 0) is 0 Å². The fourth-order valence-corrected chi connectivity index (χ4v) is 1.31. The van der Waals surface area contributed by atoms with Gasteiger partial charge < -0.3 is 0 Å². The van der Waals surface area contributed by atoms with Crippen molar-refractivity contribution in [3.05, 3.63) is 41.6 Å². The molecule has 1 aromatic carbocycles. The van der Waals surface area contributed by atoms with Gasteiger partial charge in [0.15, 0.2) is 0 Å². The lowest BCUT2D eigenvalue weighted by Crippen LogP contribution is -1.88. The lowest BCUT2D eigenvalue weighted by molar-refractivity contribution is 0.628. The average molecular weight is 210 g/mol. The highest BCUT2D eigenvalue weighted by molar-refractivity contribution is 6.30. The Morgan fingerprint density at radius 1 is 1.14 bits per heavy atom. The first-order chi connectivity index (χ1) is 6.75. The smallest absolute Gasteiger partial charge is 0.138 e. The molecule has 0 atom stereocenters. The van der Waals surface area contributed by atoms with E-state index in [1.54, 1.807) is 6.07 Å². The van der Waals surface area contributed by atoms with Crippen molar-refractivity contribution in [3.63, 3.8) is 0 Å². The lowest BCUT2D eigenvalue weighted by Gasteiger charge is -1.99.